The van der Waals surface area contributed by atoms with E-state index in [1.807, 2.05) is 37.3 Å². The van der Waals surface area contributed by atoms with Crippen LogP contribution in [0.25, 0.3) is 11.4 Å². The molecule has 2 aromatic heterocycles. The number of aromatic nitrogens is 4. The smallest absolute Gasteiger partial charge is 0.273 e. The maximum Gasteiger partial charge on any atom is 0.273 e. The van der Waals surface area contributed by atoms with E-state index in [1.165, 1.54) is 21.5 Å². The normalized spacial score (nSPS) is 11.0. The summed E-state index contributed by atoms with van der Waals surface area (Å²) in [6, 6.07) is 21.6. The molecule has 4 aromatic carbocycles. The van der Waals surface area contributed by atoms with E-state index < -0.39 is 21.3 Å². The minimum atomic E-state index is -0.710. The number of rotatable bonds is 11. The Morgan fingerprint density at radius 3 is 1.73 bits per heavy atom. The van der Waals surface area contributed by atoms with Crippen LogP contribution in [0.2, 0.25) is 0 Å². The number of benzene rings is 4. The Bertz CT molecular complexity index is 2430. The first-order chi connectivity index (χ1) is 26.3. The number of hydrogen-bond donors (Lipinski definition) is 5. The number of azo groups is 2. The van der Waals surface area contributed by atoms with Crippen LogP contribution in [0, 0.1) is 41.0 Å². The first kappa shape index (κ1) is 42.0. The Labute approximate surface area is 329 Å². The molecule has 0 aliphatic heterocycles. The van der Waals surface area contributed by atoms with Crippen LogP contribution in [0.1, 0.15) is 17.0 Å². The van der Waals surface area contributed by atoms with E-state index in [4.69, 9.17) is 5.26 Å². The van der Waals surface area contributed by atoms with Gasteiger partial charge >= 0.3 is 0 Å². The molecule has 56 heavy (non-hydrogen) atoms. The first-order valence-electron chi connectivity index (χ1n) is 15.5. The van der Waals surface area contributed by atoms with Gasteiger partial charge in [0.05, 0.1) is 55.6 Å². The molecule has 21 nitrogen and oxygen atoms in total. The number of aryl methyl sites for hydroxylation is 3. The fourth-order valence-electron chi connectivity index (χ4n) is 4.66. The minimum absolute atomic E-state index is 0. The van der Waals surface area contributed by atoms with Crippen LogP contribution in [0.3, 0.4) is 0 Å². The fraction of sp³-hybridized carbons (Fsp3) is 0.0909. The molecule has 0 unspecified atom stereocenters. The van der Waals surface area contributed by atoms with Gasteiger partial charge in [-0.05, 0) is 51.1 Å². The average molecular weight is 825 g/mol. The summed E-state index contributed by atoms with van der Waals surface area (Å²) in [7, 11) is 0. The van der Waals surface area contributed by atoms with Crippen LogP contribution in [-0.4, -0.2) is 55.1 Å². The monoisotopic (exact) mass is 824 g/mol. The summed E-state index contributed by atoms with van der Waals surface area (Å²) in [4.78, 5) is 20.3. The zero-order valence-electron chi connectivity index (χ0n) is 29.1. The molecule has 6 rings (SSSR count). The minimum Gasteiger partial charge on any atom is -0.505 e. The summed E-state index contributed by atoms with van der Waals surface area (Å²) in [6.45, 7) is 5.21. The number of hydrogen-bond acceptors (Lipinski definition) is 18. The summed E-state index contributed by atoms with van der Waals surface area (Å²) in [5.74, 6) is -1.38. The summed E-state index contributed by atoms with van der Waals surface area (Å²) in [5.41, 5.74) is 2.36. The summed E-state index contributed by atoms with van der Waals surface area (Å²) < 4.78 is 6.79. The molecule has 0 saturated heterocycles. The molecule has 0 saturated carbocycles. The zero-order valence-corrected chi connectivity index (χ0v) is 31.1. The van der Waals surface area contributed by atoms with E-state index >= 15 is 0 Å². The van der Waals surface area contributed by atoms with Crippen LogP contribution in [0.4, 0.5) is 34.1 Å². The van der Waals surface area contributed by atoms with E-state index in [0.717, 1.165) is 23.8 Å². The molecule has 0 spiro atoms. The second-order valence-electron chi connectivity index (χ2n) is 11.1. The Morgan fingerprint density at radius 1 is 0.679 bits per heavy atom. The van der Waals surface area contributed by atoms with Gasteiger partial charge in [-0.3, -0.25) is 20.2 Å². The van der Waals surface area contributed by atoms with Crippen molar-refractivity contribution >= 4 is 46.2 Å². The van der Waals surface area contributed by atoms with Gasteiger partial charge in [0.25, 0.3) is 11.4 Å². The van der Waals surface area contributed by atoms with E-state index in [1.54, 1.807) is 38.1 Å². The predicted molar refractivity (Wildman–Crippen MR) is 193 cm³/mol. The molecule has 23 heteroatoms. The van der Waals surface area contributed by atoms with Crippen molar-refractivity contribution < 1.29 is 62.3 Å². The molecule has 6 aromatic rings. The molecule has 0 aliphatic carbocycles. The number of nitro benzene ring substituents is 2. The van der Waals surface area contributed by atoms with Gasteiger partial charge in [0.2, 0.25) is 11.8 Å². The third kappa shape index (κ3) is 9.67. The van der Waals surface area contributed by atoms with Crippen molar-refractivity contribution in [2.24, 2.45) is 20.5 Å². The molecular weight excluding hydrogens is 796 g/mol. The first-order valence-corrected chi connectivity index (χ1v) is 16.2. The van der Waals surface area contributed by atoms with Crippen molar-refractivity contribution in [3.63, 3.8) is 0 Å². The molecule has 0 aliphatic rings. The number of non-ortho nitro benzene ring substituents is 2. The molecule has 2 heterocycles. The second-order valence-corrected chi connectivity index (χ2v) is 11.9. The van der Waals surface area contributed by atoms with Gasteiger partial charge in [-0.15, -0.1) is 24.8 Å². The molecule has 0 radical (unpaired) electrons. The molecule has 0 amide bonds. The third-order valence-corrected chi connectivity index (χ3v) is 8.00. The SMILES string of the molecule is Cc1ccc(-n2nc(C)c(N=Nc3ccc([N+](=O)[O-])cc3O)c2O)cc1.Cc1nn(-c2ccccc2)c(O)c1N=Nc1cc([N+](=O)[O-])cc(SOOO)c1O.[Cr]. The van der Waals surface area contributed by atoms with E-state index in [-0.39, 0.29) is 68.2 Å². The molecule has 0 fully saturated rings. The number of aromatic hydroxyl groups is 4. The van der Waals surface area contributed by atoms with Crippen molar-refractivity contribution in [2.45, 2.75) is 25.7 Å². The molecule has 0 atom stereocenters. The van der Waals surface area contributed by atoms with Crippen molar-refractivity contribution in [1.29, 1.82) is 0 Å². The summed E-state index contributed by atoms with van der Waals surface area (Å²) in [6.07, 6.45) is 0. The Morgan fingerprint density at radius 2 is 1.21 bits per heavy atom. The van der Waals surface area contributed by atoms with Crippen LogP contribution in [-0.2, 0) is 26.7 Å². The Balaban J connectivity index is 0.000000246. The van der Waals surface area contributed by atoms with Crippen molar-refractivity contribution in [3.05, 3.63) is 122 Å². The Kier molecular flexibility index (Phi) is 13.9. The van der Waals surface area contributed by atoms with Crippen LogP contribution in [0.5, 0.6) is 23.3 Å². The largest absolute Gasteiger partial charge is 0.505 e. The summed E-state index contributed by atoms with van der Waals surface area (Å²) >= 11 is 0.328. The Hall–Kier alpha value is -6.74. The van der Waals surface area contributed by atoms with Gasteiger partial charge < -0.3 is 20.4 Å². The maximum atomic E-state index is 11.1. The van der Waals surface area contributed by atoms with Gasteiger partial charge in [0.1, 0.15) is 17.1 Å². The summed E-state index contributed by atoms with van der Waals surface area (Å²) in [5, 5.41) is 98.2. The number of phenols is 2. The van der Waals surface area contributed by atoms with Crippen molar-refractivity contribution in [3.8, 4) is 34.6 Å². The number of para-hydroxylation sites is 1. The standard InChI is InChI=1S/C17H15N5O4.C16H13N5O7S.Cr/c1-10-3-5-12(6-4-10)21-17(24)16(11(2)20-21)19-18-14-8-7-13(22(25)26)9-15(14)23;1-9-14(16(23)20(19-9)10-5-3-2-4-6-10)18-17-12-7-11(21(24)25)8-13(15(12)22)29-28-27-26;/h3-9,23-24H,1-2H3;2-8,22-23,26H,1H3;. The van der Waals surface area contributed by atoms with Crippen LogP contribution < -0.4 is 0 Å². The van der Waals surface area contributed by atoms with Gasteiger partial charge in [-0.25, -0.2) is 5.26 Å². The van der Waals surface area contributed by atoms with Gasteiger partial charge in [0.15, 0.2) is 17.1 Å². The molecule has 288 valence electrons. The quantitative estimate of drug-likeness (QED) is 0.0269. The van der Waals surface area contributed by atoms with E-state index in [9.17, 15) is 40.7 Å². The number of nitrogens with zero attached hydrogens (tertiary/aromatic N) is 10. The van der Waals surface area contributed by atoms with Crippen molar-refractivity contribution in [1.82, 2.24) is 19.6 Å². The number of phenolic OH excluding ortho intramolecular Hbond substituents is 2. The molecule has 5 N–H and O–H groups in total. The number of nitro groups is 2. The van der Waals surface area contributed by atoms with Gasteiger partial charge in [-0.1, -0.05) is 40.9 Å². The van der Waals surface area contributed by atoms with Crippen LogP contribution >= 0.6 is 12.0 Å². The van der Waals surface area contributed by atoms with E-state index in [2.05, 4.69) is 40.0 Å². The second kappa shape index (κ2) is 18.5. The topological polar surface area (TPSA) is 291 Å². The molecular formula is C33H28CrN10O11S. The van der Waals surface area contributed by atoms with Gasteiger partial charge in [0, 0.05) is 35.6 Å². The van der Waals surface area contributed by atoms with Crippen LogP contribution in [0.15, 0.2) is 110 Å². The third-order valence-electron chi connectivity index (χ3n) is 7.38. The van der Waals surface area contributed by atoms with E-state index in [0.29, 0.717) is 34.8 Å². The predicted octanol–water partition coefficient (Wildman–Crippen LogP) is 8.57. The fourth-order valence-corrected chi connectivity index (χ4v) is 5.11. The van der Waals surface area contributed by atoms with Crippen molar-refractivity contribution in [2.75, 3.05) is 0 Å². The maximum absolute atomic E-state index is 11.1. The average Bonchev–Trinajstić information content (AvgIpc) is 3.62. The van der Waals surface area contributed by atoms with Gasteiger partial charge in [-0.2, -0.15) is 19.6 Å². The molecule has 0 bridgehead atoms. The zero-order chi connectivity index (χ0) is 39.8.